The molecule has 0 aliphatic heterocycles. The van der Waals surface area contributed by atoms with Crippen LogP contribution < -0.4 is 5.32 Å². The number of hydrogen-bond donors (Lipinski definition) is 2. The second kappa shape index (κ2) is 8.45. The number of aryl methyl sites for hydroxylation is 1. The van der Waals surface area contributed by atoms with Gasteiger partial charge in [0.25, 0.3) is 0 Å². The third-order valence-electron chi connectivity index (χ3n) is 3.79. The van der Waals surface area contributed by atoms with E-state index < -0.39 is 6.10 Å². The number of aliphatic hydroxyl groups is 1. The molecule has 1 aromatic heterocycles. The molecule has 2 amide bonds. The molecule has 2 N–H and O–H groups in total. The summed E-state index contributed by atoms with van der Waals surface area (Å²) in [6.07, 6.45) is 1.82. The fourth-order valence-electron chi connectivity index (χ4n) is 2.51. The molecule has 1 heterocycles. The first-order chi connectivity index (χ1) is 11.5. The smallest absolute Gasteiger partial charge is 0.317 e. The van der Waals surface area contributed by atoms with E-state index in [-0.39, 0.29) is 18.6 Å². The third kappa shape index (κ3) is 5.35. The lowest BCUT2D eigenvalue weighted by Crippen LogP contribution is -2.42. The number of carbonyl (C=O) groups excluding carboxylic acids is 1. The van der Waals surface area contributed by atoms with E-state index in [0.29, 0.717) is 6.42 Å². The molecular formula is C19H25N3O2. The van der Waals surface area contributed by atoms with Crippen LogP contribution in [-0.4, -0.2) is 40.7 Å². The standard InChI is InChI=1S/C19H25N3O2/c1-14-7-9-16(10-8-14)12-18(17-6-4-5-11-20-17)21-19(24)22(3)13-15(2)23/h4-11,15,18,23H,12-13H2,1-3H3,(H,21,24). The van der Waals surface area contributed by atoms with Gasteiger partial charge < -0.3 is 15.3 Å². The van der Waals surface area contributed by atoms with E-state index in [1.165, 1.54) is 10.5 Å². The van der Waals surface area contributed by atoms with Gasteiger partial charge in [0, 0.05) is 19.8 Å². The number of aromatic nitrogens is 1. The Morgan fingerprint density at radius 1 is 1.25 bits per heavy atom. The molecular weight excluding hydrogens is 302 g/mol. The highest BCUT2D eigenvalue weighted by atomic mass is 16.3. The molecule has 128 valence electrons. The first-order valence-electron chi connectivity index (χ1n) is 8.12. The first-order valence-corrected chi connectivity index (χ1v) is 8.12. The van der Waals surface area contributed by atoms with Gasteiger partial charge >= 0.3 is 6.03 Å². The third-order valence-corrected chi connectivity index (χ3v) is 3.79. The zero-order valence-corrected chi connectivity index (χ0v) is 14.4. The molecule has 0 aliphatic rings. The average molecular weight is 327 g/mol. The molecule has 2 atom stereocenters. The molecule has 0 saturated carbocycles. The van der Waals surface area contributed by atoms with E-state index in [1.807, 2.05) is 25.1 Å². The number of amides is 2. The Morgan fingerprint density at radius 2 is 1.96 bits per heavy atom. The normalized spacial score (nSPS) is 13.2. The first kappa shape index (κ1) is 17.9. The van der Waals surface area contributed by atoms with Gasteiger partial charge in [0.05, 0.1) is 17.8 Å². The average Bonchev–Trinajstić information content (AvgIpc) is 2.56. The number of aliphatic hydroxyl groups excluding tert-OH is 1. The summed E-state index contributed by atoms with van der Waals surface area (Å²) >= 11 is 0. The predicted molar refractivity (Wildman–Crippen MR) is 94.7 cm³/mol. The van der Waals surface area contributed by atoms with Crippen LogP contribution >= 0.6 is 0 Å². The molecule has 5 nitrogen and oxygen atoms in total. The Bertz CT molecular complexity index is 641. The van der Waals surface area contributed by atoms with E-state index in [2.05, 4.69) is 34.6 Å². The number of pyridine rings is 1. The number of hydrogen-bond acceptors (Lipinski definition) is 3. The maximum atomic E-state index is 12.4. The second-order valence-corrected chi connectivity index (χ2v) is 6.18. The Morgan fingerprint density at radius 3 is 2.54 bits per heavy atom. The zero-order chi connectivity index (χ0) is 17.5. The van der Waals surface area contributed by atoms with Gasteiger partial charge in [0.15, 0.2) is 0 Å². The van der Waals surface area contributed by atoms with Crippen molar-refractivity contribution in [3.63, 3.8) is 0 Å². The fraction of sp³-hybridized carbons (Fsp3) is 0.368. The van der Waals surface area contributed by atoms with E-state index in [0.717, 1.165) is 11.3 Å². The number of carbonyl (C=O) groups is 1. The molecule has 2 unspecified atom stereocenters. The van der Waals surface area contributed by atoms with Crippen LogP contribution in [0.5, 0.6) is 0 Å². The number of rotatable bonds is 6. The van der Waals surface area contributed by atoms with E-state index in [1.54, 1.807) is 20.2 Å². The van der Waals surface area contributed by atoms with E-state index >= 15 is 0 Å². The molecule has 0 bridgehead atoms. The van der Waals surface area contributed by atoms with Gasteiger partial charge in [-0.05, 0) is 38.0 Å². The largest absolute Gasteiger partial charge is 0.392 e. The van der Waals surface area contributed by atoms with Crippen LogP contribution in [0.4, 0.5) is 4.79 Å². The quantitative estimate of drug-likeness (QED) is 0.857. The van der Waals surface area contributed by atoms with Crippen molar-refractivity contribution in [2.45, 2.75) is 32.4 Å². The van der Waals surface area contributed by atoms with Gasteiger partial charge in [0.2, 0.25) is 0 Å². The van der Waals surface area contributed by atoms with Crippen LogP contribution in [0.2, 0.25) is 0 Å². The van der Waals surface area contributed by atoms with Crippen molar-refractivity contribution < 1.29 is 9.90 Å². The van der Waals surface area contributed by atoms with E-state index in [9.17, 15) is 9.90 Å². The Kier molecular flexibility index (Phi) is 6.32. The van der Waals surface area contributed by atoms with Gasteiger partial charge in [-0.2, -0.15) is 0 Å². The van der Waals surface area contributed by atoms with Crippen LogP contribution in [0.3, 0.4) is 0 Å². The fourth-order valence-corrected chi connectivity index (χ4v) is 2.51. The van der Waals surface area contributed by atoms with Crippen molar-refractivity contribution in [2.24, 2.45) is 0 Å². The maximum Gasteiger partial charge on any atom is 0.317 e. The molecule has 2 aromatic rings. The van der Waals surface area contributed by atoms with Crippen LogP contribution in [0.25, 0.3) is 0 Å². The topological polar surface area (TPSA) is 65.5 Å². The summed E-state index contributed by atoms with van der Waals surface area (Å²) in [7, 11) is 1.67. The minimum atomic E-state index is -0.564. The summed E-state index contributed by atoms with van der Waals surface area (Å²) in [4.78, 5) is 18.2. The summed E-state index contributed by atoms with van der Waals surface area (Å²) in [5.74, 6) is 0. The predicted octanol–water partition coefficient (Wildman–Crippen LogP) is 2.70. The van der Waals surface area contributed by atoms with Crippen molar-refractivity contribution in [3.8, 4) is 0 Å². The van der Waals surface area contributed by atoms with Gasteiger partial charge in [-0.3, -0.25) is 4.98 Å². The minimum absolute atomic E-state index is 0.223. The molecule has 5 heteroatoms. The molecule has 1 aromatic carbocycles. The SMILES string of the molecule is Cc1ccc(CC(NC(=O)N(C)CC(C)O)c2ccccn2)cc1. The summed E-state index contributed by atoms with van der Waals surface area (Å²) in [5.41, 5.74) is 3.15. The second-order valence-electron chi connectivity index (χ2n) is 6.18. The van der Waals surface area contributed by atoms with Crippen LogP contribution in [0.15, 0.2) is 48.7 Å². The highest BCUT2D eigenvalue weighted by Crippen LogP contribution is 2.17. The monoisotopic (exact) mass is 327 g/mol. The van der Waals surface area contributed by atoms with Gasteiger partial charge in [-0.15, -0.1) is 0 Å². The van der Waals surface area contributed by atoms with Crippen molar-refractivity contribution >= 4 is 6.03 Å². The van der Waals surface area contributed by atoms with Crippen LogP contribution in [0, 0.1) is 6.92 Å². The lowest BCUT2D eigenvalue weighted by molar-refractivity contribution is 0.142. The van der Waals surface area contributed by atoms with E-state index in [4.69, 9.17) is 0 Å². The summed E-state index contributed by atoms with van der Waals surface area (Å²) in [5, 5.41) is 12.5. The molecule has 0 radical (unpaired) electrons. The summed E-state index contributed by atoms with van der Waals surface area (Å²) < 4.78 is 0. The lowest BCUT2D eigenvalue weighted by Gasteiger charge is -2.24. The van der Waals surface area contributed by atoms with Crippen molar-refractivity contribution in [3.05, 3.63) is 65.5 Å². The number of nitrogens with one attached hydrogen (secondary N) is 1. The summed E-state index contributed by atoms with van der Waals surface area (Å²) in [6.45, 7) is 3.99. The molecule has 0 aliphatic carbocycles. The zero-order valence-electron chi connectivity index (χ0n) is 14.4. The Balaban J connectivity index is 2.14. The number of benzene rings is 1. The number of nitrogens with zero attached hydrogens (tertiary/aromatic N) is 2. The number of likely N-dealkylation sites (N-methyl/N-ethyl adjacent to an activating group) is 1. The molecule has 0 fully saturated rings. The van der Waals surface area contributed by atoms with Gasteiger partial charge in [-0.1, -0.05) is 35.9 Å². The summed E-state index contributed by atoms with van der Waals surface area (Å²) in [6, 6.07) is 13.5. The maximum absolute atomic E-state index is 12.4. The molecule has 2 rings (SSSR count). The molecule has 24 heavy (non-hydrogen) atoms. The lowest BCUT2D eigenvalue weighted by atomic mass is 10.0. The highest BCUT2D eigenvalue weighted by Gasteiger charge is 2.19. The van der Waals surface area contributed by atoms with Crippen LogP contribution in [0.1, 0.15) is 29.8 Å². The number of urea groups is 1. The van der Waals surface area contributed by atoms with Crippen LogP contribution in [-0.2, 0) is 6.42 Å². The van der Waals surface area contributed by atoms with Gasteiger partial charge in [0.1, 0.15) is 0 Å². The highest BCUT2D eigenvalue weighted by molar-refractivity contribution is 5.74. The molecule has 0 spiro atoms. The Labute approximate surface area is 143 Å². The van der Waals surface area contributed by atoms with Gasteiger partial charge in [-0.25, -0.2) is 4.79 Å². The Hall–Kier alpha value is -2.40. The van der Waals surface area contributed by atoms with Crippen molar-refractivity contribution in [2.75, 3.05) is 13.6 Å². The minimum Gasteiger partial charge on any atom is -0.392 e. The van der Waals surface area contributed by atoms with Crippen molar-refractivity contribution in [1.82, 2.24) is 15.2 Å². The van der Waals surface area contributed by atoms with Crippen molar-refractivity contribution in [1.29, 1.82) is 0 Å². The molecule has 0 saturated heterocycles.